The number of likely N-dealkylation sites (tertiary alicyclic amines) is 1. The number of hydrogen-bond donors (Lipinski definition) is 0. The van der Waals surface area contributed by atoms with E-state index >= 15 is 0 Å². The highest BCUT2D eigenvalue weighted by molar-refractivity contribution is 5.85. The zero-order chi connectivity index (χ0) is 16.4. The molecule has 0 saturated carbocycles. The summed E-state index contributed by atoms with van der Waals surface area (Å²) < 4.78 is 18.9. The Morgan fingerprint density at radius 1 is 1.30 bits per heavy atom. The molecule has 6 heteroatoms. The van der Waals surface area contributed by atoms with Gasteiger partial charge in [-0.3, -0.25) is 9.59 Å². The van der Waals surface area contributed by atoms with Gasteiger partial charge in [0.05, 0.1) is 25.2 Å². The van der Waals surface area contributed by atoms with E-state index in [1.54, 1.807) is 29.0 Å². The van der Waals surface area contributed by atoms with Gasteiger partial charge in [-0.05, 0) is 24.1 Å². The van der Waals surface area contributed by atoms with Gasteiger partial charge in [0, 0.05) is 26.6 Å². The molecule has 124 valence electrons. The van der Waals surface area contributed by atoms with Gasteiger partial charge >= 0.3 is 0 Å². The summed E-state index contributed by atoms with van der Waals surface area (Å²) >= 11 is 0. The number of carbonyl (C=O) groups excluding carboxylic acids is 2. The van der Waals surface area contributed by atoms with Crippen molar-refractivity contribution in [1.82, 2.24) is 9.80 Å². The van der Waals surface area contributed by atoms with Crippen molar-refractivity contribution >= 4 is 11.8 Å². The Morgan fingerprint density at radius 2 is 2.04 bits per heavy atom. The Balaban J connectivity index is 1.89. The molecule has 0 unspecified atom stereocenters. The van der Waals surface area contributed by atoms with Crippen LogP contribution in [-0.4, -0.2) is 55.0 Å². The lowest BCUT2D eigenvalue weighted by atomic mass is 9.83. The van der Waals surface area contributed by atoms with Crippen LogP contribution < -0.4 is 0 Å². The average Bonchev–Trinajstić information content (AvgIpc) is 2.57. The Bertz CT molecular complexity index is 601. The summed E-state index contributed by atoms with van der Waals surface area (Å²) in [6.07, 6.45) is 0.851. The first kappa shape index (κ1) is 15.9. The summed E-state index contributed by atoms with van der Waals surface area (Å²) in [6.45, 7) is 2.22. The van der Waals surface area contributed by atoms with Crippen molar-refractivity contribution in [3.63, 3.8) is 0 Å². The second kappa shape index (κ2) is 6.66. The first-order chi connectivity index (χ1) is 11.1. The van der Waals surface area contributed by atoms with Gasteiger partial charge in [0.1, 0.15) is 5.82 Å². The van der Waals surface area contributed by atoms with Gasteiger partial charge in [-0.2, -0.15) is 0 Å². The molecule has 23 heavy (non-hydrogen) atoms. The molecule has 2 aliphatic rings. The minimum atomic E-state index is -0.415. The third-order valence-corrected chi connectivity index (χ3v) is 4.69. The van der Waals surface area contributed by atoms with E-state index in [0.29, 0.717) is 44.7 Å². The van der Waals surface area contributed by atoms with Crippen LogP contribution in [0.1, 0.15) is 24.4 Å². The standard InChI is InChI=1S/C17H21FN2O3/c1-19-15(21)6-5-14(17(22)20-7-9-23-10-8-20)16(19)12-3-2-4-13(18)11-12/h2-4,11,14,16H,5-10H2,1H3/t14-,16-/m0/s1. The number of halogens is 1. The van der Waals surface area contributed by atoms with Crippen LogP contribution in [0.2, 0.25) is 0 Å². The summed E-state index contributed by atoms with van der Waals surface area (Å²) in [6, 6.07) is 5.77. The zero-order valence-electron chi connectivity index (χ0n) is 13.2. The highest BCUT2D eigenvalue weighted by Crippen LogP contribution is 2.37. The van der Waals surface area contributed by atoms with Crippen molar-refractivity contribution < 1.29 is 18.7 Å². The lowest BCUT2D eigenvalue weighted by Crippen LogP contribution is -2.50. The van der Waals surface area contributed by atoms with E-state index in [-0.39, 0.29) is 23.5 Å². The number of morpholine rings is 1. The van der Waals surface area contributed by atoms with Crippen molar-refractivity contribution in [3.8, 4) is 0 Å². The quantitative estimate of drug-likeness (QED) is 0.831. The SMILES string of the molecule is CN1C(=O)CC[C@H](C(=O)N2CCOCC2)[C@@H]1c1cccc(F)c1. The van der Waals surface area contributed by atoms with E-state index in [4.69, 9.17) is 4.74 Å². The molecule has 2 amide bonds. The van der Waals surface area contributed by atoms with Gasteiger partial charge in [-0.1, -0.05) is 12.1 Å². The van der Waals surface area contributed by atoms with Crippen LogP contribution in [0, 0.1) is 11.7 Å². The molecular formula is C17H21FN2O3. The molecular weight excluding hydrogens is 299 g/mol. The summed E-state index contributed by atoms with van der Waals surface area (Å²) in [5, 5.41) is 0. The Kier molecular flexibility index (Phi) is 4.61. The number of amides is 2. The number of hydrogen-bond acceptors (Lipinski definition) is 3. The van der Waals surface area contributed by atoms with Crippen molar-refractivity contribution in [2.24, 2.45) is 5.92 Å². The largest absolute Gasteiger partial charge is 0.378 e. The van der Waals surface area contributed by atoms with Gasteiger partial charge in [-0.15, -0.1) is 0 Å². The molecule has 2 fully saturated rings. The molecule has 2 aliphatic heterocycles. The topological polar surface area (TPSA) is 49.9 Å². The predicted molar refractivity (Wildman–Crippen MR) is 82.0 cm³/mol. The van der Waals surface area contributed by atoms with Gasteiger partial charge in [0.15, 0.2) is 0 Å². The smallest absolute Gasteiger partial charge is 0.228 e. The maximum atomic E-state index is 13.6. The monoisotopic (exact) mass is 320 g/mol. The molecule has 0 bridgehead atoms. The van der Waals surface area contributed by atoms with Gasteiger partial charge in [-0.25, -0.2) is 4.39 Å². The second-order valence-electron chi connectivity index (χ2n) is 6.09. The minimum Gasteiger partial charge on any atom is -0.378 e. The zero-order valence-corrected chi connectivity index (χ0v) is 13.2. The third-order valence-electron chi connectivity index (χ3n) is 4.69. The van der Waals surface area contributed by atoms with E-state index in [1.807, 2.05) is 0 Å². The Morgan fingerprint density at radius 3 is 2.74 bits per heavy atom. The first-order valence-corrected chi connectivity index (χ1v) is 7.95. The fraction of sp³-hybridized carbons (Fsp3) is 0.529. The normalized spacial score (nSPS) is 25.6. The number of piperidine rings is 1. The summed E-state index contributed by atoms with van der Waals surface area (Å²) in [5.41, 5.74) is 0.673. The molecule has 0 N–H and O–H groups in total. The number of benzene rings is 1. The average molecular weight is 320 g/mol. The third kappa shape index (κ3) is 3.22. The molecule has 0 radical (unpaired) electrons. The van der Waals surface area contributed by atoms with Crippen LogP contribution in [-0.2, 0) is 14.3 Å². The molecule has 0 aliphatic carbocycles. The van der Waals surface area contributed by atoms with E-state index < -0.39 is 6.04 Å². The van der Waals surface area contributed by atoms with E-state index in [9.17, 15) is 14.0 Å². The van der Waals surface area contributed by atoms with Crippen LogP contribution in [0.4, 0.5) is 4.39 Å². The van der Waals surface area contributed by atoms with Crippen LogP contribution in [0.3, 0.4) is 0 Å². The molecule has 2 saturated heterocycles. The molecule has 0 spiro atoms. The predicted octanol–water partition coefficient (Wildman–Crippen LogP) is 1.59. The lowest BCUT2D eigenvalue weighted by Gasteiger charge is -2.41. The summed E-state index contributed by atoms with van der Waals surface area (Å²) in [4.78, 5) is 28.4. The highest BCUT2D eigenvalue weighted by Gasteiger charge is 2.40. The summed E-state index contributed by atoms with van der Waals surface area (Å²) in [7, 11) is 1.69. The fourth-order valence-corrected chi connectivity index (χ4v) is 3.46. The van der Waals surface area contributed by atoms with Crippen LogP contribution in [0.15, 0.2) is 24.3 Å². The van der Waals surface area contributed by atoms with E-state index in [0.717, 1.165) is 0 Å². The first-order valence-electron chi connectivity index (χ1n) is 7.95. The number of rotatable bonds is 2. The van der Waals surface area contributed by atoms with Crippen molar-refractivity contribution in [3.05, 3.63) is 35.6 Å². The van der Waals surface area contributed by atoms with Crippen LogP contribution >= 0.6 is 0 Å². The second-order valence-corrected chi connectivity index (χ2v) is 6.09. The number of carbonyl (C=O) groups is 2. The molecule has 3 rings (SSSR count). The molecule has 5 nitrogen and oxygen atoms in total. The molecule has 2 atom stereocenters. The van der Waals surface area contributed by atoms with Crippen LogP contribution in [0.25, 0.3) is 0 Å². The molecule has 1 aromatic carbocycles. The molecule has 1 aromatic rings. The van der Waals surface area contributed by atoms with Gasteiger partial charge < -0.3 is 14.5 Å². The van der Waals surface area contributed by atoms with Crippen molar-refractivity contribution in [2.75, 3.05) is 33.4 Å². The van der Waals surface area contributed by atoms with Crippen molar-refractivity contribution in [2.45, 2.75) is 18.9 Å². The number of nitrogens with zero attached hydrogens (tertiary/aromatic N) is 2. The minimum absolute atomic E-state index is 0.00899. The van der Waals surface area contributed by atoms with E-state index in [2.05, 4.69) is 0 Å². The molecule has 2 heterocycles. The lowest BCUT2D eigenvalue weighted by molar-refractivity contribution is -0.149. The van der Waals surface area contributed by atoms with Gasteiger partial charge in [0.2, 0.25) is 11.8 Å². The van der Waals surface area contributed by atoms with Crippen molar-refractivity contribution in [1.29, 1.82) is 0 Å². The van der Waals surface area contributed by atoms with Crippen LogP contribution in [0.5, 0.6) is 0 Å². The Hall–Kier alpha value is -1.95. The highest BCUT2D eigenvalue weighted by atomic mass is 19.1. The maximum absolute atomic E-state index is 13.6. The summed E-state index contributed by atoms with van der Waals surface area (Å²) in [5.74, 6) is -0.670. The Labute approximate surface area is 135 Å². The fourth-order valence-electron chi connectivity index (χ4n) is 3.46. The van der Waals surface area contributed by atoms with Gasteiger partial charge in [0.25, 0.3) is 0 Å². The van der Waals surface area contributed by atoms with E-state index in [1.165, 1.54) is 12.1 Å². The number of ether oxygens (including phenoxy) is 1. The maximum Gasteiger partial charge on any atom is 0.228 e. The molecule has 0 aromatic heterocycles.